The molecule has 3 aromatic carbocycles. The maximum Gasteiger partial charge on any atom is 0.206 e. The molecular formula is C19H12O2S. The van der Waals surface area contributed by atoms with Crippen LogP contribution in [-0.4, -0.2) is 10.9 Å². The molecule has 0 saturated heterocycles. The van der Waals surface area contributed by atoms with Gasteiger partial charge in [0.2, 0.25) is 5.78 Å². The molecule has 3 heteroatoms. The standard InChI is InChI=1S/C19H12O2S/c20-17(12-6-2-1-3-7-12)19-18(21)15-10-13-8-4-5-9-14(13)11-16(15)22-19/h1-11,21H. The molecule has 1 heterocycles. The van der Waals surface area contributed by atoms with Gasteiger partial charge in [-0.2, -0.15) is 0 Å². The highest BCUT2D eigenvalue weighted by Crippen LogP contribution is 2.40. The van der Waals surface area contributed by atoms with Gasteiger partial charge >= 0.3 is 0 Å². The number of hydrogen-bond donors (Lipinski definition) is 1. The summed E-state index contributed by atoms with van der Waals surface area (Å²) in [7, 11) is 0. The van der Waals surface area contributed by atoms with Crippen LogP contribution in [-0.2, 0) is 0 Å². The van der Waals surface area contributed by atoms with Crippen molar-refractivity contribution in [3.05, 3.63) is 77.2 Å². The van der Waals surface area contributed by atoms with Crippen molar-refractivity contribution in [1.82, 2.24) is 0 Å². The Balaban J connectivity index is 1.94. The lowest BCUT2D eigenvalue weighted by atomic mass is 10.1. The van der Waals surface area contributed by atoms with E-state index >= 15 is 0 Å². The number of ketones is 1. The van der Waals surface area contributed by atoms with E-state index in [4.69, 9.17) is 0 Å². The average Bonchev–Trinajstić information content (AvgIpc) is 2.89. The summed E-state index contributed by atoms with van der Waals surface area (Å²) in [6, 6.07) is 21.0. The van der Waals surface area contributed by atoms with Gasteiger partial charge in [-0.25, -0.2) is 0 Å². The Hall–Kier alpha value is -2.65. The molecule has 4 rings (SSSR count). The molecule has 0 amide bonds. The Morgan fingerprint density at radius 1 is 0.864 bits per heavy atom. The molecule has 0 saturated carbocycles. The summed E-state index contributed by atoms with van der Waals surface area (Å²) in [5.74, 6) is -0.0528. The van der Waals surface area contributed by atoms with Gasteiger partial charge in [0.05, 0.1) is 0 Å². The smallest absolute Gasteiger partial charge is 0.206 e. The van der Waals surface area contributed by atoms with Gasteiger partial charge in [0.25, 0.3) is 0 Å². The number of fused-ring (bicyclic) bond motifs is 2. The Labute approximate surface area is 131 Å². The summed E-state index contributed by atoms with van der Waals surface area (Å²) in [5, 5.41) is 13.4. The first-order valence-electron chi connectivity index (χ1n) is 6.98. The van der Waals surface area contributed by atoms with E-state index in [0.29, 0.717) is 10.4 Å². The van der Waals surface area contributed by atoms with Gasteiger partial charge in [0.15, 0.2) is 0 Å². The van der Waals surface area contributed by atoms with Crippen molar-refractivity contribution in [3.8, 4) is 5.75 Å². The monoisotopic (exact) mass is 304 g/mol. The Bertz CT molecular complexity index is 1000. The van der Waals surface area contributed by atoms with E-state index in [1.54, 1.807) is 12.1 Å². The first kappa shape index (κ1) is 13.0. The Morgan fingerprint density at radius 2 is 1.50 bits per heavy atom. The van der Waals surface area contributed by atoms with E-state index < -0.39 is 0 Å². The van der Waals surface area contributed by atoms with Crippen LogP contribution in [0.1, 0.15) is 15.2 Å². The van der Waals surface area contributed by atoms with Gasteiger partial charge in [0.1, 0.15) is 10.6 Å². The summed E-state index contributed by atoms with van der Waals surface area (Å²) in [4.78, 5) is 13.0. The van der Waals surface area contributed by atoms with Gasteiger partial charge in [-0.05, 0) is 22.9 Å². The Kier molecular flexibility index (Phi) is 2.94. The molecule has 2 nitrogen and oxygen atoms in total. The zero-order chi connectivity index (χ0) is 15.1. The molecule has 1 aromatic heterocycles. The number of rotatable bonds is 2. The summed E-state index contributed by atoms with van der Waals surface area (Å²) in [6.45, 7) is 0. The van der Waals surface area contributed by atoms with Gasteiger partial charge < -0.3 is 5.11 Å². The van der Waals surface area contributed by atoms with Crippen LogP contribution in [0, 0.1) is 0 Å². The van der Waals surface area contributed by atoms with Crippen molar-refractivity contribution >= 4 is 38.0 Å². The lowest BCUT2D eigenvalue weighted by Crippen LogP contribution is -1.97. The molecule has 22 heavy (non-hydrogen) atoms. The van der Waals surface area contributed by atoms with Crippen LogP contribution in [0.4, 0.5) is 0 Å². The van der Waals surface area contributed by atoms with Crippen molar-refractivity contribution in [2.75, 3.05) is 0 Å². The van der Waals surface area contributed by atoms with Gasteiger partial charge in [-0.15, -0.1) is 11.3 Å². The number of aromatic hydroxyl groups is 1. The van der Waals surface area contributed by atoms with Crippen molar-refractivity contribution < 1.29 is 9.90 Å². The minimum atomic E-state index is -0.136. The second-order valence-electron chi connectivity index (χ2n) is 5.17. The van der Waals surface area contributed by atoms with Crippen LogP contribution < -0.4 is 0 Å². The maximum absolute atomic E-state index is 12.6. The highest BCUT2D eigenvalue weighted by molar-refractivity contribution is 7.21. The predicted molar refractivity (Wildman–Crippen MR) is 90.9 cm³/mol. The van der Waals surface area contributed by atoms with Gasteiger partial charge in [-0.3, -0.25) is 4.79 Å². The van der Waals surface area contributed by atoms with Crippen LogP contribution in [0.2, 0.25) is 0 Å². The zero-order valence-electron chi connectivity index (χ0n) is 11.6. The number of hydrogen-bond acceptors (Lipinski definition) is 3. The number of carbonyl (C=O) groups excluding carboxylic acids is 1. The highest BCUT2D eigenvalue weighted by Gasteiger charge is 2.19. The van der Waals surface area contributed by atoms with Crippen LogP contribution in [0.15, 0.2) is 66.7 Å². The van der Waals surface area contributed by atoms with Crippen LogP contribution in [0.5, 0.6) is 5.75 Å². The maximum atomic E-state index is 12.6. The molecule has 4 aromatic rings. The third-order valence-corrected chi connectivity index (χ3v) is 4.91. The molecule has 0 atom stereocenters. The largest absolute Gasteiger partial charge is 0.506 e. The highest BCUT2D eigenvalue weighted by atomic mass is 32.1. The molecule has 0 bridgehead atoms. The first-order chi connectivity index (χ1) is 10.7. The van der Waals surface area contributed by atoms with E-state index in [2.05, 4.69) is 0 Å². The molecule has 0 unspecified atom stereocenters. The first-order valence-corrected chi connectivity index (χ1v) is 7.80. The van der Waals surface area contributed by atoms with E-state index in [0.717, 1.165) is 20.9 Å². The van der Waals surface area contributed by atoms with Crippen LogP contribution in [0.3, 0.4) is 0 Å². The molecule has 0 spiro atoms. The summed E-state index contributed by atoms with van der Waals surface area (Å²) >= 11 is 1.34. The number of thiophene rings is 1. The van der Waals surface area contributed by atoms with Crippen molar-refractivity contribution in [2.45, 2.75) is 0 Å². The fraction of sp³-hybridized carbons (Fsp3) is 0. The number of carbonyl (C=O) groups is 1. The van der Waals surface area contributed by atoms with Crippen molar-refractivity contribution in [3.63, 3.8) is 0 Å². The quantitative estimate of drug-likeness (QED) is 0.530. The molecule has 0 aliphatic carbocycles. The third kappa shape index (κ3) is 1.98. The molecule has 0 fully saturated rings. The summed E-state index contributed by atoms with van der Waals surface area (Å²) in [6.07, 6.45) is 0. The Morgan fingerprint density at radius 3 is 2.23 bits per heavy atom. The fourth-order valence-corrected chi connectivity index (χ4v) is 3.73. The van der Waals surface area contributed by atoms with Crippen LogP contribution >= 0.6 is 11.3 Å². The van der Waals surface area contributed by atoms with Gasteiger partial charge in [-0.1, -0.05) is 54.6 Å². The van der Waals surface area contributed by atoms with Gasteiger partial charge in [0, 0.05) is 15.6 Å². The van der Waals surface area contributed by atoms with Crippen molar-refractivity contribution in [2.24, 2.45) is 0 Å². The molecular weight excluding hydrogens is 292 g/mol. The molecule has 0 aliphatic rings. The SMILES string of the molecule is O=C(c1ccccc1)c1sc2cc3ccccc3cc2c1O. The summed E-state index contributed by atoms with van der Waals surface area (Å²) < 4.78 is 0.926. The number of benzene rings is 3. The molecule has 0 radical (unpaired) electrons. The zero-order valence-corrected chi connectivity index (χ0v) is 12.4. The third-order valence-electron chi connectivity index (χ3n) is 3.77. The van der Waals surface area contributed by atoms with E-state index in [9.17, 15) is 9.90 Å². The molecule has 1 N–H and O–H groups in total. The van der Waals surface area contributed by atoms with E-state index in [-0.39, 0.29) is 11.5 Å². The van der Waals surface area contributed by atoms with E-state index in [1.165, 1.54) is 11.3 Å². The minimum absolute atomic E-state index is 0.0830. The second-order valence-corrected chi connectivity index (χ2v) is 6.22. The minimum Gasteiger partial charge on any atom is -0.506 e. The van der Waals surface area contributed by atoms with Crippen molar-refractivity contribution in [1.29, 1.82) is 0 Å². The molecule has 0 aliphatic heterocycles. The van der Waals surface area contributed by atoms with Crippen LogP contribution in [0.25, 0.3) is 20.9 Å². The summed E-state index contributed by atoms with van der Waals surface area (Å²) in [5.41, 5.74) is 0.592. The molecule has 106 valence electrons. The average molecular weight is 304 g/mol. The topological polar surface area (TPSA) is 37.3 Å². The second kappa shape index (κ2) is 4.97. The lowest BCUT2D eigenvalue weighted by Gasteiger charge is -1.99. The predicted octanol–water partition coefficient (Wildman–Crippen LogP) is 4.99. The lowest BCUT2D eigenvalue weighted by molar-refractivity contribution is 0.104. The fourth-order valence-electron chi connectivity index (χ4n) is 2.64. The van der Waals surface area contributed by atoms with E-state index in [1.807, 2.05) is 54.6 Å². The normalized spacial score (nSPS) is 11.1.